The van der Waals surface area contributed by atoms with E-state index in [2.05, 4.69) is 23.7 Å². The number of aliphatic imine (C=N–C) groups is 1. The van der Waals surface area contributed by atoms with Crippen LogP contribution in [0.3, 0.4) is 0 Å². The van der Waals surface area contributed by atoms with Gasteiger partial charge in [-0.15, -0.1) is 37.2 Å². The summed E-state index contributed by atoms with van der Waals surface area (Å²) in [6.45, 7) is 8.08. The van der Waals surface area contributed by atoms with Crippen molar-refractivity contribution in [3.05, 3.63) is 29.8 Å². The Hall–Kier alpha value is -0.680. The fraction of sp³-hybridized carbons (Fsp3) is 0.462. The molecule has 0 radical (unpaired) electrons. The Morgan fingerprint density at radius 1 is 1.05 bits per heavy atom. The third kappa shape index (κ3) is 8.48. The number of hydrogen-bond acceptors (Lipinski definition) is 3. The lowest BCUT2D eigenvalue weighted by Gasteiger charge is -2.16. The van der Waals surface area contributed by atoms with E-state index in [4.69, 9.17) is 11.5 Å². The molecule has 1 rings (SSSR count). The first-order valence-electron chi connectivity index (χ1n) is 6.05. The standard InChI is InChI=1S/C13H22N4.3ClH/c1-3-17(4-2)10-9-16-13(15)11-5-7-12(14)8-6-11;;;/h5-8H,3-4,9-10,14H2,1-2H3,(H2,15,16);3*1H. The lowest BCUT2D eigenvalue weighted by Crippen LogP contribution is -2.26. The predicted octanol–water partition coefficient (Wildman–Crippen LogP) is 2.58. The highest BCUT2D eigenvalue weighted by atomic mass is 35.5. The average molecular weight is 344 g/mol. The summed E-state index contributed by atoms with van der Waals surface area (Å²) >= 11 is 0. The number of nitrogen functional groups attached to an aromatic ring is 1. The summed E-state index contributed by atoms with van der Waals surface area (Å²) < 4.78 is 0. The summed E-state index contributed by atoms with van der Waals surface area (Å²) in [5, 5.41) is 0. The van der Waals surface area contributed by atoms with Crippen LogP contribution in [0, 0.1) is 0 Å². The van der Waals surface area contributed by atoms with Crippen molar-refractivity contribution in [3.63, 3.8) is 0 Å². The number of nitrogens with two attached hydrogens (primary N) is 2. The van der Waals surface area contributed by atoms with Crippen molar-refractivity contribution in [2.24, 2.45) is 10.7 Å². The van der Waals surface area contributed by atoms with Crippen molar-refractivity contribution in [3.8, 4) is 0 Å². The zero-order valence-corrected chi connectivity index (χ0v) is 14.4. The molecule has 0 aliphatic carbocycles. The highest BCUT2D eigenvalue weighted by molar-refractivity contribution is 5.97. The number of benzene rings is 1. The van der Waals surface area contributed by atoms with Crippen molar-refractivity contribution in [1.82, 2.24) is 4.90 Å². The number of halogens is 3. The molecule has 0 unspecified atom stereocenters. The van der Waals surface area contributed by atoms with E-state index >= 15 is 0 Å². The molecule has 0 bridgehead atoms. The summed E-state index contributed by atoms with van der Waals surface area (Å²) in [6.07, 6.45) is 0. The van der Waals surface area contributed by atoms with Crippen molar-refractivity contribution >= 4 is 48.7 Å². The number of hydrogen-bond donors (Lipinski definition) is 2. The molecule has 7 heteroatoms. The van der Waals surface area contributed by atoms with Gasteiger partial charge in [-0.1, -0.05) is 13.8 Å². The minimum absolute atomic E-state index is 0. The molecule has 1 aromatic carbocycles. The third-order valence-corrected chi connectivity index (χ3v) is 2.80. The molecule has 4 nitrogen and oxygen atoms in total. The number of rotatable bonds is 6. The van der Waals surface area contributed by atoms with Gasteiger partial charge >= 0.3 is 0 Å². The van der Waals surface area contributed by atoms with Gasteiger partial charge in [-0.2, -0.15) is 0 Å². The van der Waals surface area contributed by atoms with Crippen molar-refractivity contribution in [1.29, 1.82) is 0 Å². The minimum atomic E-state index is 0. The normalized spacial score (nSPS) is 10.2. The lowest BCUT2D eigenvalue weighted by atomic mass is 10.2. The zero-order chi connectivity index (χ0) is 12.7. The Bertz CT molecular complexity index is 364. The van der Waals surface area contributed by atoms with Crippen LogP contribution in [0.2, 0.25) is 0 Å². The van der Waals surface area contributed by atoms with E-state index in [1.807, 2.05) is 24.3 Å². The molecule has 0 heterocycles. The molecule has 0 saturated carbocycles. The molecule has 0 atom stereocenters. The van der Waals surface area contributed by atoms with Crippen LogP contribution in [0.1, 0.15) is 19.4 Å². The quantitative estimate of drug-likeness (QED) is 0.474. The van der Waals surface area contributed by atoms with E-state index in [-0.39, 0.29) is 37.2 Å². The van der Waals surface area contributed by atoms with Gasteiger partial charge in [0.1, 0.15) is 5.84 Å². The fourth-order valence-corrected chi connectivity index (χ4v) is 1.60. The third-order valence-electron chi connectivity index (χ3n) is 2.80. The van der Waals surface area contributed by atoms with E-state index in [1.165, 1.54) is 0 Å². The van der Waals surface area contributed by atoms with E-state index in [0.717, 1.165) is 37.4 Å². The molecule has 0 spiro atoms. The summed E-state index contributed by atoms with van der Waals surface area (Å²) in [7, 11) is 0. The van der Waals surface area contributed by atoms with E-state index in [1.54, 1.807) is 0 Å². The second kappa shape index (κ2) is 13.3. The van der Waals surface area contributed by atoms with E-state index < -0.39 is 0 Å². The first kappa shape index (κ1) is 24.3. The summed E-state index contributed by atoms with van der Waals surface area (Å²) in [5.74, 6) is 0.581. The van der Waals surface area contributed by atoms with Crippen LogP contribution < -0.4 is 11.5 Å². The van der Waals surface area contributed by atoms with Crippen molar-refractivity contribution in [2.75, 3.05) is 31.9 Å². The Labute approximate surface area is 140 Å². The molecule has 0 amide bonds. The highest BCUT2D eigenvalue weighted by Crippen LogP contribution is 2.04. The summed E-state index contributed by atoms with van der Waals surface area (Å²) in [5.41, 5.74) is 13.2. The molecular formula is C13H25Cl3N4. The van der Waals surface area contributed by atoms with E-state index in [0.29, 0.717) is 5.84 Å². The van der Waals surface area contributed by atoms with Crippen LogP contribution >= 0.6 is 37.2 Å². The summed E-state index contributed by atoms with van der Waals surface area (Å²) in [4.78, 5) is 6.69. The maximum absolute atomic E-state index is 5.90. The van der Waals surface area contributed by atoms with Crippen LogP contribution in [-0.2, 0) is 0 Å². The number of anilines is 1. The Morgan fingerprint density at radius 3 is 2.00 bits per heavy atom. The molecule has 118 valence electrons. The SMILES string of the molecule is CCN(CC)CCN=C(N)c1ccc(N)cc1.Cl.Cl.Cl. The first-order valence-corrected chi connectivity index (χ1v) is 6.05. The van der Waals surface area contributed by atoms with Gasteiger partial charge in [0, 0.05) is 17.8 Å². The molecule has 0 aliphatic heterocycles. The zero-order valence-electron chi connectivity index (χ0n) is 11.9. The van der Waals surface area contributed by atoms with Crippen LogP contribution in [0.4, 0.5) is 5.69 Å². The van der Waals surface area contributed by atoms with Gasteiger partial charge in [0.25, 0.3) is 0 Å². The minimum Gasteiger partial charge on any atom is -0.399 e. The Balaban J connectivity index is -0.000000963. The van der Waals surface area contributed by atoms with E-state index in [9.17, 15) is 0 Å². The van der Waals surface area contributed by atoms with Gasteiger partial charge in [-0.05, 0) is 37.4 Å². The van der Waals surface area contributed by atoms with Crippen molar-refractivity contribution < 1.29 is 0 Å². The van der Waals surface area contributed by atoms with Gasteiger partial charge in [-0.3, -0.25) is 4.99 Å². The van der Waals surface area contributed by atoms with Gasteiger partial charge in [0.05, 0.1) is 6.54 Å². The molecule has 0 aliphatic rings. The van der Waals surface area contributed by atoms with Gasteiger partial charge in [-0.25, -0.2) is 0 Å². The molecule has 0 saturated heterocycles. The lowest BCUT2D eigenvalue weighted by molar-refractivity contribution is 0.313. The second-order valence-corrected chi connectivity index (χ2v) is 3.92. The van der Waals surface area contributed by atoms with Gasteiger partial charge in [0.15, 0.2) is 0 Å². The topological polar surface area (TPSA) is 67.6 Å². The molecule has 4 N–H and O–H groups in total. The van der Waals surface area contributed by atoms with Crippen LogP contribution in [0.25, 0.3) is 0 Å². The molecule has 20 heavy (non-hydrogen) atoms. The average Bonchev–Trinajstić information content (AvgIpc) is 2.35. The van der Waals surface area contributed by atoms with Crippen molar-refractivity contribution in [2.45, 2.75) is 13.8 Å². The Morgan fingerprint density at radius 2 is 1.55 bits per heavy atom. The van der Waals surface area contributed by atoms with Gasteiger partial charge < -0.3 is 16.4 Å². The fourth-order valence-electron chi connectivity index (χ4n) is 1.60. The molecule has 0 aromatic heterocycles. The second-order valence-electron chi connectivity index (χ2n) is 3.92. The smallest absolute Gasteiger partial charge is 0.125 e. The predicted molar refractivity (Wildman–Crippen MR) is 96.0 cm³/mol. The van der Waals surface area contributed by atoms with Crippen LogP contribution in [-0.4, -0.2) is 36.9 Å². The summed E-state index contributed by atoms with van der Waals surface area (Å²) in [6, 6.07) is 7.46. The molecule has 1 aromatic rings. The highest BCUT2D eigenvalue weighted by Gasteiger charge is 1.99. The monoisotopic (exact) mass is 342 g/mol. The number of nitrogens with zero attached hydrogens (tertiary/aromatic N) is 2. The van der Waals surface area contributed by atoms with Crippen LogP contribution in [0.15, 0.2) is 29.3 Å². The maximum Gasteiger partial charge on any atom is 0.125 e. The Kier molecular flexibility index (Phi) is 16.2. The van der Waals surface area contributed by atoms with Crippen LogP contribution in [0.5, 0.6) is 0 Å². The molecule has 0 fully saturated rings. The number of amidine groups is 1. The number of likely N-dealkylation sites (N-methyl/N-ethyl adjacent to an activating group) is 1. The first-order chi connectivity index (χ1) is 8.17. The van der Waals surface area contributed by atoms with Gasteiger partial charge in [0.2, 0.25) is 0 Å². The molecular weight excluding hydrogens is 319 g/mol. The maximum atomic E-state index is 5.90. The largest absolute Gasteiger partial charge is 0.399 e.